The summed E-state index contributed by atoms with van der Waals surface area (Å²) >= 11 is 0. The minimum absolute atomic E-state index is 0.280. The van der Waals surface area contributed by atoms with Crippen molar-refractivity contribution in [3.63, 3.8) is 0 Å². The number of ether oxygens (including phenoxy) is 1. The number of carbonyl (C=O) groups is 2. The maximum atomic E-state index is 11.6. The van der Waals surface area contributed by atoms with Gasteiger partial charge in [-0.2, -0.15) is 0 Å². The summed E-state index contributed by atoms with van der Waals surface area (Å²) in [6.07, 6.45) is 6.24. The molecule has 0 bridgehead atoms. The Hall–Kier alpha value is -1.32. The molecule has 0 spiro atoms. The molecule has 1 amide bonds. The fraction of sp³-hybridized carbons (Fsp3) is 0.636. The van der Waals surface area contributed by atoms with Gasteiger partial charge in [-0.05, 0) is 38.3 Å². The quantitative estimate of drug-likeness (QED) is 0.528. The minimum atomic E-state index is -0.343. The number of allylic oxidation sites excluding steroid dienone is 1. The molecule has 0 aliphatic carbocycles. The van der Waals surface area contributed by atoms with Crippen molar-refractivity contribution in [2.75, 3.05) is 13.1 Å². The van der Waals surface area contributed by atoms with Crippen LogP contribution in [0.25, 0.3) is 0 Å². The Balaban J connectivity index is 2.33. The van der Waals surface area contributed by atoms with Crippen molar-refractivity contribution >= 4 is 12.4 Å². The Labute approximate surface area is 89.9 Å². The van der Waals surface area contributed by atoms with E-state index in [9.17, 15) is 9.59 Å². The van der Waals surface area contributed by atoms with Crippen LogP contribution < -0.4 is 0 Å². The number of aldehydes is 1. The van der Waals surface area contributed by atoms with E-state index in [1.807, 2.05) is 0 Å². The van der Waals surface area contributed by atoms with Crippen molar-refractivity contribution in [2.45, 2.75) is 32.3 Å². The van der Waals surface area contributed by atoms with E-state index in [4.69, 9.17) is 4.74 Å². The van der Waals surface area contributed by atoms with Crippen molar-refractivity contribution in [1.29, 1.82) is 0 Å². The summed E-state index contributed by atoms with van der Waals surface area (Å²) in [6.45, 7) is 3.30. The topological polar surface area (TPSA) is 46.6 Å². The van der Waals surface area contributed by atoms with Gasteiger partial charge in [-0.3, -0.25) is 4.79 Å². The number of nitrogens with zero attached hydrogens (tertiary/aromatic N) is 1. The van der Waals surface area contributed by atoms with Crippen molar-refractivity contribution in [2.24, 2.45) is 0 Å². The van der Waals surface area contributed by atoms with Crippen LogP contribution in [0.5, 0.6) is 0 Å². The number of rotatable bonds is 3. The first-order valence-electron chi connectivity index (χ1n) is 5.31. The number of piperidine rings is 1. The molecule has 0 aromatic carbocycles. The Morgan fingerprint density at radius 1 is 1.33 bits per heavy atom. The van der Waals surface area contributed by atoms with Crippen LogP contribution in [0.1, 0.15) is 26.2 Å². The first kappa shape index (κ1) is 11.8. The molecule has 1 rings (SSSR count). The van der Waals surface area contributed by atoms with Gasteiger partial charge in [0.15, 0.2) is 0 Å². The van der Waals surface area contributed by atoms with Crippen LogP contribution in [0.3, 0.4) is 0 Å². The molecule has 1 aliphatic heterocycles. The molecule has 1 fully saturated rings. The van der Waals surface area contributed by atoms with Gasteiger partial charge in [0, 0.05) is 13.1 Å². The summed E-state index contributed by atoms with van der Waals surface area (Å²) in [5, 5.41) is 0. The summed E-state index contributed by atoms with van der Waals surface area (Å²) in [6, 6.07) is 0. The first-order chi connectivity index (χ1) is 7.24. The summed E-state index contributed by atoms with van der Waals surface area (Å²) in [4.78, 5) is 23.3. The van der Waals surface area contributed by atoms with Crippen LogP contribution in [0, 0.1) is 0 Å². The van der Waals surface area contributed by atoms with Crippen molar-refractivity contribution in [1.82, 2.24) is 4.90 Å². The Morgan fingerprint density at radius 3 is 2.60 bits per heavy atom. The average molecular weight is 211 g/mol. The highest BCUT2D eigenvalue weighted by atomic mass is 16.6. The lowest BCUT2D eigenvalue weighted by molar-refractivity contribution is -0.104. The van der Waals surface area contributed by atoms with Gasteiger partial charge in [0.05, 0.1) is 0 Å². The molecule has 1 atom stereocenters. The molecular formula is C11H17NO3. The molecular weight excluding hydrogens is 194 g/mol. The standard InChI is InChI=1S/C11H17NO3/c1-10(6-5-9-13)15-11(14)12-7-3-2-4-8-12/h5-6,9-10H,2-4,7-8H2,1H3. The van der Waals surface area contributed by atoms with E-state index >= 15 is 0 Å². The van der Waals surface area contributed by atoms with E-state index in [1.165, 1.54) is 12.5 Å². The second-order valence-electron chi connectivity index (χ2n) is 3.66. The predicted octanol–water partition coefficient (Wildman–Crippen LogP) is 1.75. The van der Waals surface area contributed by atoms with Gasteiger partial charge in [-0.1, -0.05) is 0 Å². The van der Waals surface area contributed by atoms with E-state index in [2.05, 4.69) is 0 Å². The number of hydrogen-bond acceptors (Lipinski definition) is 3. The lowest BCUT2D eigenvalue weighted by atomic mass is 10.1. The van der Waals surface area contributed by atoms with Crippen LogP contribution in [0.2, 0.25) is 0 Å². The van der Waals surface area contributed by atoms with Gasteiger partial charge < -0.3 is 9.64 Å². The molecule has 0 saturated carbocycles. The number of likely N-dealkylation sites (tertiary alicyclic amines) is 1. The fourth-order valence-electron chi connectivity index (χ4n) is 1.55. The Morgan fingerprint density at radius 2 is 2.00 bits per heavy atom. The number of carbonyl (C=O) groups excluding carboxylic acids is 2. The molecule has 0 aromatic rings. The smallest absolute Gasteiger partial charge is 0.410 e. The largest absolute Gasteiger partial charge is 0.442 e. The monoisotopic (exact) mass is 211 g/mol. The molecule has 4 nitrogen and oxygen atoms in total. The molecule has 4 heteroatoms. The van der Waals surface area contributed by atoms with Crippen LogP contribution in [-0.2, 0) is 9.53 Å². The van der Waals surface area contributed by atoms with E-state index in [1.54, 1.807) is 17.9 Å². The Kier molecular flexibility index (Phi) is 4.87. The van der Waals surface area contributed by atoms with Crippen LogP contribution in [0.15, 0.2) is 12.2 Å². The lowest BCUT2D eigenvalue weighted by Gasteiger charge is -2.26. The van der Waals surface area contributed by atoms with Crippen LogP contribution >= 0.6 is 0 Å². The van der Waals surface area contributed by atoms with E-state index in [0.29, 0.717) is 6.29 Å². The molecule has 1 saturated heterocycles. The molecule has 1 aliphatic rings. The molecule has 0 N–H and O–H groups in total. The van der Waals surface area contributed by atoms with Gasteiger partial charge in [-0.15, -0.1) is 0 Å². The molecule has 1 heterocycles. The molecule has 1 unspecified atom stereocenters. The molecule has 84 valence electrons. The highest BCUT2D eigenvalue weighted by molar-refractivity contribution is 5.68. The maximum Gasteiger partial charge on any atom is 0.410 e. The van der Waals surface area contributed by atoms with E-state index in [-0.39, 0.29) is 12.2 Å². The predicted molar refractivity (Wildman–Crippen MR) is 56.6 cm³/mol. The SMILES string of the molecule is CC(C=CC=O)OC(=O)N1CCCCC1. The van der Waals surface area contributed by atoms with Crippen molar-refractivity contribution in [3.05, 3.63) is 12.2 Å². The summed E-state index contributed by atoms with van der Waals surface area (Å²) in [7, 11) is 0. The Bertz CT molecular complexity index is 244. The van der Waals surface area contributed by atoms with Gasteiger partial charge in [0.25, 0.3) is 0 Å². The molecule has 0 radical (unpaired) electrons. The lowest BCUT2D eigenvalue weighted by Crippen LogP contribution is -2.37. The zero-order chi connectivity index (χ0) is 11.1. The average Bonchev–Trinajstić information content (AvgIpc) is 2.27. The van der Waals surface area contributed by atoms with Gasteiger partial charge in [-0.25, -0.2) is 4.79 Å². The summed E-state index contributed by atoms with van der Waals surface area (Å²) in [5.74, 6) is 0. The van der Waals surface area contributed by atoms with Crippen LogP contribution in [0.4, 0.5) is 4.79 Å². The molecule has 0 aromatic heterocycles. The summed E-state index contributed by atoms with van der Waals surface area (Å²) in [5.41, 5.74) is 0. The van der Waals surface area contributed by atoms with Gasteiger partial charge in [0.2, 0.25) is 0 Å². The summed E-state index contributed by atoms with van der Waals surface area (Å²) < 4.78 is 5.13. The molecule has 15 heavy (non-hydrogen) atoms. The van der Waals surface area contributed by atoms with Crippen LogP contribution in [-0.4, -0.2) is 36.5 Å². The second-order valence-corrected chi connectivity index (χ2v) is 3.66. The highest BCUT2D eigenvalue weighted by Gasteiger charge is 2.18. The van der Waals surface area contributed by atoms with Crippen molar-refractivity contribution < 1.29 is 14.3 Å². The third kappa shape index (κ3) is 4.14. The second kappa shape index (κ2) is 6.22. The fourth-order valence-corrected chi connectivity index (χ4v) is 1.55. The first-order valence-corrected chi connectivity index (χ1v) is 5.31. The maximum absolute atomic E-state index is 11.6. The number of amides is 1. The van der Waals surface area contributed by atoms with E-state index < -0.39 is 0 Å². The third-order valence-electron chi connectivity index (χ3n) is 2.36. The third-order valence-corrected chi connectivity index (χ3v) is 2.36. The highest BCUT2D eigenvalue weighted by Crippen LogP contribution is 2.10. The zero-order valence-corrected chi connectivity index (χ0v) is 9.02. The van der Waals surface area contributed by atoms with Gasteiger partial charge in [0.1, 0.15) is 12.4 Å². The number of hydrogen-bond donors (Lipinski definition) is 0. The van der Waals surface area contributed by atoms with Gasteiger partial charge >= 0.3 is 6.09 Å². The minimum Gasteiger partial charge on any atom is -0.442 e. The zero-order valence-electron chi connectivity index (χ0n) is 9.02. The normalized spacial score (nSPS) is 18.9. The van der Waals surface area contributed by atoms with E-state index in [0.717, 1.165) is 25.9 Å². The van der Waals surface area contributed by atoms with Crippen molar-refractivity contribution in [3.8, 4) is 0 Å².